The number of aromatic hydroxyl groups is 1. The largest absolute Gasteiger partial charge is 0.506 e. The van der Waals surface area contributed by atoms with E-state index in [9.17, 15) is 9.90 Å². The Morgan fingerprint density at radius 3 is 2.33 bits per heavy atom. The number of halogens is 4. The summed E-state index contributed by atoms with van der Waals surface area (Å²) in [6, 6.07) is 14.4. The molecule has 0 atom stereocenters. The number of phenolic OH excluding ortho intramolecular Hbond substituents is 1. The minimum absolute atomic E-state index is 0.0414. The van der Waals surface area contributed by atoms with Gasteiger partial charge in [-0.2, -0.15) is 0 Å². The average Bonchev–Trinajstić information content (AvgIpc) is 3.05. The van der Waals surface area contributed by atoms with E-state index < -0.39 is 0 Å². The van der Waals surface area contributed by atoms with Crippen molar-refractivity contribution in [1.29, 1.82) is 0 Å². The van der Waals surface area contributed by atoms with Gasteiger partial charge in [0.05, 0.1) is 20.8 Å². The van der Waals surface area contributed by atoms with Crippen LogP contribution in [0.2, 0.25) is 10.0 Å². The third kappa shape index (κ3) is 5.17. The maximum Gasteiger partial charge on any atom is 0.271 e. The number of hydrogen-bond donors (Lipinski definition) is 1. The van der Waals surface area contributed by atoms with E-state index in [4.69, 9.17) is 28.2 Å². The number of amides is 1. The van der Waals surface area contributed by atoms with Crippen molar-refractivity contribution in [3.05, 3.63) is 89.1 Å². The lowest BCUT2D eigenvalue weighted by molar-refractivity contribution is -0.113. The number of hydrogen-bond acceptors (Lipinski definition) is 4. The molecule has 1 aliphatic heterocycles. The van der Waals surface area contributed by atoms with Crippen molar-refractivity contribution in [3.63, 3.8) is 0 Å². The maximum absolute atomic E-state index is 13.5. The van der Waals surface area contributed by atoms with Crippen LogP contribution in [0.4, 0.5) is 11.4 Å². The summed E-state index contributed by atoms with van der Waals surface area (Å²) in [5, 5.41) is 12.1. The van der Waals surface area contributed by atoms with Crippen LogP contribution in [0.1, 0.15) is 16.7 Å². The van der Waals surface area contributed by atoms with Gasteiger partial charge >= 0.3 is 0 Å². The molecule has 0 aromatic heterocycles. The number of carbonyl (C=O) groups is 1. The Morgan fingerprint density at radius 1 is 1.00 bits per heavy atom. The number of phenols is 1. The fraction of sp³-hybridized carbons (Fsp3) is 0.0833. The van der Waals surface area contributed by atoms with Crippen LogP contribution in [0.15, 0.2) is 67.4 Å². The molecular weight excluding hydrogens is 611 g/mol. The summed E-state index contributed by atoms with van der Waals surface area (Å²) in [5.41, 5.74) is 3.56. The molecule has 0 bridgehead atoms. The first-order valence-corrected chi connectivity index (χ1v) is 12.8. The smallest absolute Gasteiger partial charge is 0.271 e. The Kier molecular flexibility index (Phi) is 7.26. The summed E-state index contributed by atoms with van der Waals surface area (Å²) in [4.78, 5) is 20.1. The van der Waals surface area contributed by atoms with Crippen LogP contribution in [0.3, 0.4) is 0 Å². The average molecular weight is 627 g/mol. The molecule has 1 N–H and O–H groups in total. The topological polar surface area (TPSA) is 52.9 Å². The number of aliphatic imine (C=N–C) groups is 1. The van der Waals surface area contributed by atoms with Crippen molar-refractivity contribution >= 4 is 95.3 Å². The number of nitrogens with zero attached hydrogens (tertiary/aromatic N) is 2. The first-order chi connectivity index (χ1) is 15.6. The van der Waals surface area contributed by atoms with Crippen molar-refractivity contribution in [3.8, 4) is 5.75 Å². The summed E-state index contributed by atoms with van der Waals surface area (Å²) in [7, 11) is 0. The number of thioether (sulfide) groups is 1. The van der Waals surface area contributed by atoms with Crippen LogP contribution in [0, 0.1) is 13.8 Å². The summed E-state index contributed by atoms with van der Waals surface area (Å²) in [5.74, 6) is -0.230. The van der Waals surface area contributed by atoms with Gasteiger partial charge in [0.25, 0.3) is 5.91 Å². The number of carbonyl (C=O) groups excluding carboxylic acids is 1. The molecule has 0 unspecified atom stereocenters. The minimum Gasteiger partial charge on any atom is -0.506 e. The van der Waals surface area contributed by atoms with E-state index in [0.717, 1.165) is 15.6 Å². The number of anilines is 1. The van der Waals surface area contributed by atoms with E-state index in [0.29, 0.717) is 41.5 Å². The lowest BCUT2D eigenvalue weighted by Gasteiger charge is -2.16. The van der Waals surface area contributed by atoms with Gasteiger partial charge in [0, 0.05) is 20.1 Å². The Morgan fingerprint density at radius 2 is 1.67 bits per heavy atom. The molecule has 3 aromatic carbocycles. The standard InChI is InChI=1S/C24H16Br2Cl2N2O2S/c1-12-3-5-16(10-19(12)27)29-24-30(17-6-4-13(2)20(28)11-17)23(32)21(33-24)8-14-7-15(25)9-18(26)22(14)31/h3-11,31H,1-2H3/b21-8+,29-24?. The van der Waals surface area contributed by atoms with Crippen LogP contribution >= 0.6 is 66.8 Å². The second-order valence-electron chi connectivity index (χ2n) is 7.34. The van der Waals surface area contributed by atoms with E-state index in [-0.39, 0.29) is 11.7 Å². The minimum atomic E-state index is -0.271. The third-order valence-corrected chi connectivity index (χ3v) is 7.79. The van der Waals surface area contributed by atoms with Gasteiger partial charge < -0.3 is 5.11 Å². The van der Waals surface area contributed by atoms with E-state index in [1.165, 1.54) is 16.7 Å². The molecule has 0 radical (unpaired) electrons. The van der Waals surface area contributed by atoms with Gasteiger partial charge in [-0.05, 0) is 95.1 Å². The fourth-order valence-corrected chi connectivity index (χ4v) is 5.70. The van der Waals surface area contributed by atoms with E-state index in [1.807, 2.05) is 38.1 Å². The SMILES string of the molecule is Cc1ccc(N=C2S/C(=C/c3cc(Br)cc(Br)c3O)C(=O)N2c2ccc(C)c(Cl)c2)cc1Cl. The molecule has 4 nitrogen and oxygen atoms in total. The van der Waals surface area contributed by atoms with Crippen LogP contribution in [-0.2, 0) is 4.79 Å². The Hall–Kier alpha value is -1.77. The highest BCUT2D eigenvalue weighted by molar-refractivity contribution is 9.11. The quantitative estimate of drug-likeness (QED) is 0.296. The number of benzene rings is 3. The van der Waals surface area contributed by atoms with Gasteiger partial charge in [0.1, 0.15) is 5.75 Å². The molecule has 0 aliphatic carbocycles. The first-order valence-electron chi connectivity index (χ1n) is 9.67. The van der Waals surface area contributed by atoms with Gasteiger partial charge in [-0.15, -0.1) is 0 Å². The molecule has 1 amide bonds. The molecule has 0 spiro atoms. The van der Waals surface area contributed by atoms with Crippen LogP contribution < -0.4 is 4.90 Å². The van der Waals surface area contributed by atoms with Crippen molar-refractivity contribution in [2.75, 3.05) is 4.90 Å². The van der Waals surface area contributed by atoms with Gasteiger partial charge in [-0.3, -0.25) is 9.69 Å². The summed E-state index contributed by atoms with van der Waals surface area (Å²) < 4.78 is 1.28. The lowest BCUT2D eigenvalue weighted by Crippen LogP contribution is -2.28. The van der Waals surface area contributed by atoms with Crippen molar-refractivity contribution in [2.24, 2.45) is 4.99 Å². The van der Waals surface area contributed by atoms with Gasteiger partial charge in [-0.1, -0.05) is 51.3 Å². The lowest BCUT2D eigenvalue weighted by atomic mass is 10.1. The molecule has 4 rings (SSSR count). The second-order valence-corrected chi connectivity index (χ2v) is 10.9. The van der Waals surface area contributed by atoms with E-state index in [2.05, 4.69) is 31.9 Å². The molecule has 0 saturated carbocycles. The molecule has 1 saturated heterocycles. The van der Waals surface area contributed by atoms with E-state index >= 15 is 0 Å². The molecule has 33 heavy (non-hydrogen) atoms. The summed E-state index contributed by atoms with van der Waals surface area (Å²) in [6.07, 6.45) is 1.64. The maximum atomic E-state index is 13.5. The Labute approximate surface area is 222 Å². The third-order valence-electron chi connectivity index (χ3n) is 4.94. The summed E-state index contributed by atoms with van der Waals surface area (Å²) >= 11 is 20.6. The van der Waals surface area contributed by atoms with E-state index in [1.54, 1.807) is 30.3 Å². The Bertz CT molecular complexity index is 1360. The highest BCUT2D eigenvalue weighted by atomic mass is 79.9. The molecular formula is C24H16Br2Cl2N2O2S. The molecule has 168 valence electrons. The van der Waals surface area contributed by atoms with Crippen molar-refractivity contribution in [2.45, 2.75) is 13.8 Å². The van der Waals surface area contributed by atoms with Gasteiger partial charge in [-0.25, -0.2) is 4.99 Å². The molecule has 9 heteroatoms. The normalized spacial score (nSPS) is 16.3. The predicted octanol–water partition coefficient (Wildman–Crippen LogP) is 8.65. The number of aryl methyl sites for hydroxylation is 2. The van der Waals surface area contributed by atoms with Crippen LogP contribution in [0.25, 0.3) is 6.08 Å². The molecule has 1 fully saturated rings. The van der Waals surface area contributed by atoms with Gasteiger partial charge in [0.2, 0.25) is 0 Å². The zero-order chi connectivity index (χ0) is 23.9. The number of rotatable bonds is 3. The van der Waals surface area contributed by atoms with Crippen LogP contribution in [-0.4, -0.2) is 16.2 Å². The zero-order valence-corrected chi connectivity index (χ0v) is 22.9. The fourth-order valence-electron chi connectivity index (χ4n) is 3.10. The number of amidine groups is 1. The van der Waals surface area contributed by atoms with Crippen molar-refractivity contribution < 1.29 is 9.90 Å². The molecule has 1 aliphatic rings. The monoisotopic (exact) mass is 624 g/mol. The highest BCUT2D eigenvalue weighted by Gasteiger charge is 2.35. The zero-order valence-electron chi connectivity index (χ0n) is 17.4. The molecule has 1 heterocycles. The summed E-state index contributed by atoms with van der Waals surface area (Å²) in [6.45, 7) is 3.81. The highest BCUT2D eigenvalue weighted by Crippen LogP contribution is 2.41. The predicted molar refractivity (Wildman–Crippen MR) is 146 cm³/mol. The Balaban J connectivity index is 1.84. The van der Waals surface area contributed by atoms with Crippen LogP contribution in [0.5, 0.6) is 5.75 Å². The molecule has 3 aromatic rings. The second kappa shape index (κ2) is 9.84. The van der Waals surface area contributed by atoms with Gasteiger partial charge in [0.15, 0.2) is 5.17 Å². The first kappa shape index (κ1) is 24.4. The van der Waals surface area contributed by atoms with Crippen molar-refractivity contribution in [1.82, 2.24) is 0 Å².